The zero-order chi connectivity index (χ0) is 13.4. The van der Waals surface area contributed by atoms with Crippen LogP contribution in [0.2, 0.25) is 0 Å². The SMILES string of the molecule is CCOC(=O)CCCC(C)c1ccc(CBr)cc1. The van der Waals surface area contributed by atoms with Crippen molar-refractivity contribution in [2.24, 2.45) is 0 Å². The van der Waals surface area contributed by atoms with Crippen LogP contribution in [0.3, 0.4) is 0 Å². The Morgan fingerprint density at radius 2 is 2.00 bits per heavy atom. The lowest BCUT2D eigenvalue weighted by molar-refractivity contribution is -0.143. The van der Waals surface area contributed by atoms with Gasteiger partial charge in [-0.1, -0.05) is 47.1 Å². The zero-order valence-electron chi connectivity index (χ0n) is 11.1. The summed E-state index contributed by atoms with van der Waals surface area (Å²) < 4.78 is 4.92. The normalized spacial score (nSPS) is 12.2. The number of benzene rings is 1. The lowest BCUT2D eigenvalue weighted by Gasteiger charge is -2.12. The van der Waals surface area contributed by atoms with Gasteiger partial charge in [0.05, 0.1) is 6.61 Å². The molecule has 3 heteroatoms. The van der Waals surface area contributed by atoms with Crippen molar-refractivity contribution in [1.29, 1.82) is 0 Å². The monoisotopic (exact) mass is 312 g/mol. The molecule has 1 unspecified atom stereocenters. The Hall–Kier alpha value is -0.830. The number of alkyl halides is 1. The predicted molar refractivity (Wildman–Crippen MR) is 78.0 cm³/mol. The second-order valence-corrected chi connectivity index (χ2v) is 5.03. The highest BCUT2D eigenvalue weighted by Crippen LogP contribution is 2.22. The Balaban J connectivity index is 2.35. The van der Waals surface area contributed by atoms with Crippen LogP contribution < -0.4 is 0 Å². The first-order chi connectivity index (χ1) is 8.67. The fourth-order valence-electron chi connectivity index (χ4n) is 1.89. The van der Waals surface area contributed by atoms with Gasteiger partial charge in [0.15, 0.2) is 0 Å². The summed E-state index contributed by atoms with van der Waals surface area (Å²) in [6.45, 7) is 4.52. The van der Waals surface area contributed by atoms with Gasteiger partial charge in [-0.3, -0.25) is 4.79 Å². The van der Waals surface area contributed by atoms with Crippen molar-refractivity contribution in [1.82, 2.24) is 0 Å². The Labute approximate surface area is 118 Å². The summed E-state index contributed by atoms with van der Waals surface area (Å²) in [4.78, 5) is 11.2. The fourth-order valence-corrected chi connectivity index (χ4v) is 2.26. The van der Waals surface area contributed by atoms with E-state index in [4.69, 9.17) is 4.74 Å². The van der Waals surface area contributed by atoms with Crippen molar-refractivity contribution in [3.63, 3.8) is 0 Å². The molecular weight excluding hydrogens is 292 g/mol. The molecule has 0 radical (unpaired) electrons. The maximum atomic E-state index is 11.2. The molecule has 0 bridgehead atoms. The van der Waals surface area contributed by atoms with Crippen LogP contribution >= 0.6 is 15.9 Å². The fraction of sp³-hybridized carbons (Fsp3) is 0.533. The van der Waals surface area contributed by atoms with Gasteiger partial charge in [-0.15, -0.1) is 0 Å². The van der Waals surface area contributed by atoms with E-state index < -0.39 is 0 Å². The molecule has 1 atom stereocenters. The van der Waals surface area contributed by atoms with Crippen molar-refractivity contribution >= 4 is 21.9 Å². The Morgan fingerprint density at radius 1 is 1.33 bits per heavy atom. The molecule has 0 aliphatic rings. The predicted octanol–water partition coefficient (Wildman–Crippen LogP) is 4.42. The van der Waals surface area contributed by atoms with Crippen molar-refractivity contribution in [2.45, 2.75) is 44.4 Å². The number of hydrogen-bond acceptors (Lipinski definition) is 2. The summed E-state index contributed by atoms with van der Waals surface area (Å²) in [7, 11) is 0. The number of ether oxygens (including phenoxy) is 1. The standard InChI is InChI=1S/C15H21BrO2/c1-3-18-15(17)6-4-5-12(2)14-9-7-13(11-16)8-10-14/h7-10,12H,3-6,11H2,1-2H3. The number of hydrogen-bond donors (Lipinski definition) is 0. The summed E-state index contributed by atoms with van der Waals surface area (Å²) in [5, 5.41) is 0.893. The largest absolute Gasteiger partial charge is 0.466 e. The molecule has 1 aromatic carbocycles. The Kier molecular flexibility index (Phi) is 7.02. The topological polar surface area (TPSA) is 26.3 Å². The smallest absolute Gasteiger partial charge is 0.305 e. The van der Waals surface area contributed by atoms with E-state index in [1.165, 1.54) is 11.1 Å². The van der Waals surface area contributed by atoms with E-state index in [-0.39, 0.29) is 5.97 Å². The van der Waals surface area contributed by atoms with Gasteiger partial charge < -0.3 is 4.74 Å². The van der Waals surface area contributed by atoms with Gasteiger partial charge in [0.25, 0.3) is 0 Å². The molecule has 0 saturated heterocycles. The first kappa shape index (κ1) is 15.2. The molecule has 0 saturated carbocycles. The number of rotatable bonds is 7. The van der Waals surface area contributed by atoms with Crippen LogP contribution in [0, 0.1) is 0 Å². The van der Waals surface area contributed by atoms with Crippen LogP contribution in [-0.4, -0.2) is 12.6 Å². The Morgan fingerprint density at radius 3 is 2.56 bits per heavy atom. The molecule has 0 aliphatic heterocycles. The lowest BCUT2D eigenvalue weighted by atomic mass is 9.95. The second-order valence-electron chi connectivity index (χ2n) is 4.47. The number of esters is 1. The van der Waals surface area contributed by atoms with Crippen LogP contribution in [0.1, 0.15) is 50.2 Å². The van der Waals surface area contributed by atoms with Crippen LogP contribution in [0.5, 0.6) is 0 Å². The van der Waals surface area contributed by atoms with Crippen molar-refractivity contribution in [2.75, 3.05) is 6.61 Å². The molecule has 0 heterocycles. The van der Waals surface area contributed by atoms with E-state index in [1.807, 2.05) is 6.92 Å². The molecule has 0 aromatic heterocycles. The van der Waals surface area contributed by atoms with Gasteiger partial charge in [-0.05, 0) is 36.8 Å². The summed E-state index contributed by atoms with van der Waals surface area (Å²) in [5.74, 6) is 0.406. The molecule has 1 aromatic rings. The van der Waals surface area contributed by atoms with Gasteiger partial charge in [0, 0.05) is 11.8 Å². The molecule has 0 amide bonds. The van der Waals surface area contributed by atoms with Gasteiger partial charge in [-0.2, -0.15) is 0 Å². The molecule has 100 valence electrons. The molecule has 0 fully saturated rings. The van der Waals surface area contributed by atoms with Crippen LogP contribution in [-0.2, 0) is 14.9 Å². The third-order valence-electron chi connectivity index (χ3n) is 3.03. The van der Waals surface area contributed by atoms with E-state index >= 15 is 0 Å². The minimum atomic E-state index is -0.0839. The van der Waals surface area contributed by atoms with E-state index in [0.29, 0.717) is 18.9 Å². The second kappa shape index (κ2) is 8.30. The van der Waals surface area contributed by atoms with Gasteiger partial charge in [-0.25, -0.2) is 0 Å². The number of carbonyl (C=O) groups excluding carboxylic acids is 1. The van der Waals surface area contributed by atoms with E-state index in [1.54, 1.807) is 0 Å². The van der Waals surface area contributed by atoms with Crippen LogP contribution in [0.25, 0.3) is 0 Å². The van der Waals surface area contributed by atoms with Crippen molar-refractivity contribution < 1.29 is 9.53 Å². The highest BCUT2D eigenvalue weighted by Gasteiger charge is 2.07. The third kappa shape index (κ3) is 5.21. The first-order valence-corrected chi connectivity index (χ1v) is 7.60. The average molecular weight is 313 g/mol. The van der Waals surface area contributed by atoms with Crippen molar-refractivity contribution in [3.8, 4) is 0 Å². The first-order valence-electron chi connectivity index (χ1n) is 6.47. The van der Waals surface area contributed by atoms with Crippen LogP contribution in [0.4, 0.5) is 0 Å². The quantitative estimate of drug-likeness (QED) is 0.550. The molecule has 0 spiro atoms. The van der Waals surface area contributed by atoms with Gasteiger partial charge in [0.2, 0.25) is 0 Å². The Bertz CT molecular complexity index is 359. The van der Waals surface area contributed by atoms with Gasteiger partial charge in [0.1, 0.15) is 0 Å². The highest BCUT2D eigenvalue weighted by molar-refractivity contribution is 9.08. The van der Waals surface area contributed by atoms with Crippen LogP contribution in [0.15, 0.2) is 24.3 Å². The molecule has 2 nitrogen and oxygen atoms in total. The molecule has 18 heavy (non-hydrogen) atoms. The number of halogens is 1. The minimum Gasteiger partial charge on any atom is -0.466 e. The summed E-state index contributed by atoms with van der Waals surface area (Å²) in [6.07, 6.45) is 2.43. The summed E-state index contributed by atoms with van der Waals surface area (Å²) in [5.41, 5.74) is 2.63. The maximum Gasteiger partial charge on any atom is 0.305 e. The van der Waals surface area contributed by atoms with E-state index in [9.17, 15) is 4.79 Å². The lowest BCUT2D eigenvalue weighted by Crippen LogP contribution is -2.04. The highest BCUT2D eigenvalue weighted by atomic mass is 79.9. The molecule has 0 aliphatic carbocycles. The minimum absolute atomic E-state index is 0.0839. The summed E-state index contributed by atoms with van der Waals surface area (Å²) >= 11 is 3.44. The third-order valence-corrected chi connectivity index (χ3v) is 3.67. The average Bonchev–Trinajstić information content (AvgIpc) is 2.39. The summed E-state index contributed by atoms with van der Waals surface area (Å²) in [6, 6.07) is 8.63. The molecule has 0 N–H and O–H groups in total. The van der Waals surface area contributed by atoms with Gasteiger partial charge >= 0.3 is 5.97 Å². The van der Waals surface area contributed by atoms with Crippen molar-refractivity contribution in [3.05, 3.63) is 35.4 Å². The maximum absolute atomic E-state index is 11.2. The van der Waals surface area contributed by atoms with E-state index in [0.717, 1.165) is 18.2 Å². The molecule has 1 rings (SSSR count). The molecular formula is C15H21BrO2. The van der Waals surface area contributed by atoms with E-state index in [2.05, 4.69) is 47.1 Å². The zero-order valence-corrected chi connectivity index (χ0v) is 12.7. The number of carbonyl (C=O) groups is 1.